The number of amides is 1. The molecule has 5 aromatic carbocycles. The van der Waals surface area contributed by atoms with Gasteiger partial charge in [-0.15, -0.1) is 5.10 Å². The quantitative estimate of drug-likeness (QED) is 0.0174. The van der Waals surface area contributed by atoms with Crippen molar-refractivity contribution in [1.82, 2.24) is 135 Å². The largest absolute Gasteiger partial charge is 0.474 e. The van der Waals surface area contributed by atoms with Crippen LogP contribution in [0.5, 0.6) is 5.88 Å². The number of aryl methyl sites for hydroxylation is 2. The summed E-state index contributed by atoms with van der Waals surface area (Å²) in [4.78, 5) is 78.6. The first kappa shape index (κ1) is 108. The van der Waals surface area contributed by atoms with Crippen molar-refractivity contribution in [3.63, 3.8) is 0 Å². The Morgan fingerprint density at radius 3 is 1.16 bits per heavy atom. The van der Waals surface area contributed by atoms with Crippen LogP contribution in [0.15, 0.2) is 153 Å². The highest BCUT2D eigenvalue weighted by Gasteiger charge is 2.32. The summed E-state index contributed by atoms with van der Waals surface area (Å²) in [6.45, 7) is 27.0. The lowest BCUT2D eigenvalue weighted by Gasteiger charge is -2.33. The van der Waals surface area contributed by atoms with Crippen molar-refractivity contribution in [3.05, 3.63) is 262 Å². The van der Waals surface area contributed by atoms with Gasteiger partial charge in [-0.2, -0.15) is 45.3 Å². The molecule has 1 amide bonds. The minimum Gasteiger partial charge on any atom is -0.474 e. The molecule has 4 aliphatic rings. The predicted octanol–water partition coefficient (Wildman–Crippen LogP) is 20.1. The van der Waals surface area contributed by atoms with Crippen LogP contribution in [0.1, 0.15) is 232 Å². The molecule has 150 heavy (non-hydrogen) atoms. The molecule has 0 radical (unpaired) electrons. The number of hydrogen-bond donors (Lipinski definition) is 13. The first-order chi connectivity index (χ1) is 72.0. The van der Waals surface area contributed by atoms with Crippen molar-refractivity contribution in [2.75, 3.05) is 93.0 Å². The number of carbonyl (C=O) groups excluding carboxylic acids is 1. The lowest BCUT2D eigenvalue weighted by molar-refractivity contribution is 0.0203. The number of aromatic nitrogens is 25. The third-order valence-electron chi connectivity index (χ3n) is 24.0. The number of hydrogen-bond acceptors (Lipinski definition) is 35. The van der Waals surface area contributed by atoms with Gasteiger partial charge in [0.15, 0.2) is 23.3 Å². The second kappa shape index (κ2) is 49.8. The zero-order valence-corrected chi connectivity index (χ0v) is 84.3. The van der Waals surface area contributed by atoms with Crippen LogP contribution in [-0.2, 0) is 16.0 Å². The lowest BCUT2D eigenvalue weighted by Crippen LogP contribution is -2.41. The minimum atomic E-state index is -0.650. The minimum absolute atomic E-state index is 0.00229. The maximum atomic E-state index is 14.1. The molecule has 3 aliphatic heterocycles. The Morgan fingerprint density at radius 1 is 0.420 bits per heavy atom. The number of carbonyl (C=O) groups is 1. The van der Waals surface area contributed by atoms with Crippen LogP contribution in [0.2, 0.25) is 0 Å². The molecule has 790 valence electrons. The number of nitrogens with one attached hydrogen (secondary N) is 13. The van der Waals surface area contributed by atoms with E-state index < -0.39 is 94.0 Å². The van der Waals surface area contributed by atoms with E-state index in [4.69, 9.17) is 19.3 Å². The Bertz CT molecular complexity index is 7010. The van der Waals surface area contributed by atoms with Gasteiger partial charge < -0.3 is 77.2 Å². The topological polar surface area (TPSA) is 487 Å². The third kappa shape index (κ3) is 30.6. The van der Waals surface area contributed by atoms with Crippen molar-refractivity contribution in [1.29, 1.82) is 0 Å². The average Bonchev–Trinajstić information content (AvgIpc) is 1.65. The predicted molar refractivity (Wildman–Crippen MR) is 539 cm³/mol. The van der Waals surface area contributed by atoms with Gasteiger partial charge in [0, 0.05) is 144 Å². The van der Waals surface area contributed by atoms with E-state index in [2.05, 4.69) is 187 Å². The molecular weight excluding hydrogens is 1960 g/mol. The summed E-state index contributed by atoms with van der Waals surface area (Å²) in [5.74, 6) is 0.713. The molecule has 6 atom stereocenters. The number of anilines is 15. The summed E-state index contributed by atoms with van der Waals surface area (Å²) in [6.07, 6.45) is 14.5. The zero-order valence-electron chi connectivity index (χ0n) is 84.3. The number of rotatable bonds is 32. The lowest BCUT2D eigenvalue weighted by atomic mass is 9.94. The first-order valence-electron chi connectivity index (χ1n) is 48.6. The van der Waals surface area contributed by atoms with Crippen LogP contribution in [0.4, 0.5) is 137 Å². The molecular formula is C99H115F10N37O4. The molecule has 13 heterocycles. The van der Waals surface area contributed by atoms with Crippen LogP contribution in [0, 0.1) is 65.1 Å². The van der Waals surface area contributed by atoms with E-state index in [1.807, 2.05) is 70.5 Å². The van der Waals surface area contributed by atoms with Crippen molar-refractivity contribution in [2.24, 2.45) is 0 Å². The van der Waals surface area contributed by atoms with Crippen molar-refractivity contribution in [2.45, 2.75) is 207 Å². The summed E-state index contributed by atoms with van der Waals surface area (Å²) in [5.41, 5.74) is 5.18. The van der Waals surface area contributed by atoms with Gasteiger partial charge in [-0.1, -0.05) is 30.3 Å². The molecule has 1 saturated carbocycles. The van der Waals surface area contributed by atoms with E-state index in [-0.39, 0.29) is 71.8 Å². The molecule has 0 bridgehead atoms. The number of likely N-dealkylation sites (tertiary alicyclic amines) is 2. The molecule has 0 spiro atoms. The van der Waals surface area contributed by atoms with Gasteiger partial charge >= 0.3 is 6.09 Å². The molecule has 1 aliphatic carbocycles. The number of ether oxygens (including phenoxy) is 3. The van der Waals surface area contributed by atoms with Gasteiger partial charge in [-0.25, -0.2) is 98.5 Å². The molecule has 3 saturated heterocycles. The third-order valence-corrected chi connectivity index (χ3v) is 24.0. The van der Waals surface area contributed by atoms with Crippen LogP contribution in [0.25, 0.3) is 0 Å². The van der Waals surface area contributed by atoms with E-state index in [9.17, 15) is 48.7 Å². The van der Waals surface area contributed by atoms with Gasteiger partial charge in [0.25, 0.3) is 0 Å². The van der Waals surface area contributed by atoms with Crippen molar-refractivity contribution in [3.8, 4) is 5.88 Å². The molecule has 13 N–H and O–H groups in total. The number of aromatic amines is 3. The normalized spacial score (nSPS) is 15.3. The van der Waals surface area contributed by atoms with Crippen LogP contribution in [0.3, 0.4) is 0 Å². The second-order valence-corrected chi connectivity index (χ2v) is 37.1. The number of nitrogens with zero attached hydrogens (tertiary/aromatic N) is 24. The van der Waals surface area contributed by atoms with Crippen LogP contribution < -0.4 is 57.9 Å². The van der Waals surface area contributed by atoms with Crippen LogP contribution >= 0.6 is 0 Å². The summed E-state index contributed by atoms with van der Waals surface area (Å²) >= 11 is 0. The molecule has 41 nitrogen and oxygen atoms in total. The fraction of sp³-hybridized carbons (Fsp3) is 0.384. The van der Waals surface area contributed by atoms with E-state index in [1.165, 1.54) is 111 Å². The molecule has 15 aromatic rings. The van der Waals surface area contributed by atoms with Gasteiger partial charge in [-0.05, 0) is 185 Å². The maximum Gasteiger partial charge on any atom is 0.410 e. The highest BCUT2D eigenvalue weighted by Crippen LogP contribution is 2.42. The van der Waals surface area contributed by atoms with Gasteiger partial charge in [0.05, 0.1) is 54.2 Å². The smallest absolute Gasteiger partial charge is 0.410 e. The Hall–Kier alpha value is -16.5. The Labute approximate surface area is 855 Å². The summed E-state index contributed by atoms with van der Waals surface area (Å²) in [7, 11) is 2.14. The molecule has 51 heteroatoms. The monoisotopic (exact) mass is 2080 g/mol. The number of halogens is 10. The standard InChI is InChI=1S/C24H30F2N8O2.C21H26F2N8.C19H21F2N7.C18H19F2N7O.C17H19F2N7O/c1-14(17-6-5-16(25)11-18(17)26)29-21-27-13-28-22(31-21)30-20-12-19(32-33-20)15-7-9-34(10-8-15)23(35)36-24(2,3)4;1-13-10-19(29-31(13)16-6-8-30(3)9-7-16)27-21-25-12-24-20(28-21)26-14(2)17-5-4-15(22)11-18(17)23;1-3-28-16(12-4-5-12)9-17(27-28)25-19-23-10-22-18(26-19)24-11(2)14-7-6-13(20)8-15(14)21;1-10(12-5-4-11(19)7-13(12)20)23-17-21-9-22-18(25-17)24-16-8-14(26-27-16)15-3-2-6-28-15;1-9(2)27-15-7-14(25-26-15)23-17-21-8-20-16(24-17)22-10(3)12-5-4-11(18)6-13(12)19/h5-6,11-15H,7-10H2,1-4H3,(H3,27,28,29,30,31,32,33);4-5,10-12,14,16H,6-9H2,1-3H3,(H2,24,25,26,27,28,29);6-12H,3-5H2,1-2H3,(H2,22,23,24,25,26,27);4-5,7-10,15H,2-3,6H2,1H3,(H3,21,22,23,24,25,26,27);4-10H,1-3H3,(H3,20,21,22,23,24,25,26). The average molecular weight is 2080 g/mol. The first-order valence-corrected chi connectivity index (χ1v) is 48.6. The van der Waals surface area contributed by atoms with E-state index in [0.717, 1.165) is 112 Å². The highest BCUT2D eigenvalue weighted by atomic mass is 19.2. The molecule has 10 aromatic heterocycles. The fourth-order valence-electron chi connectivity index (χ4n) is 16.3. The Balaban J connectivity index is 0.000000141. The SMILES string of the molecule is CC(C)Oc1cc(Nc2ncnc(NC(C)c3ccc(F)cc3F)n2)[nH]n1.CC(Nc1ncnc(Nc2cc(C3CCCO3)[nH]n2)n1)c1ccc(F)cc1F.CC(Nc1ncnc(Nc2cc(C3CCN(C(=O)OC(C)(C)C)CC3)[nH]n2)n1)c1ccc(F)cc1F.CCn1nc(Nc2ncnc(NC(C)c3ccc(F)cc3F)n2)cc1C1CC1.Cc1cc(Nc2ncnc(NC(C)c3ccc(F)cc3F)n2)nn1C1CCN(C)CC1. The molecule has 6 unspecified atom stereocenters. The second-order valence-electron chi connectivity index (χ2n) is 37.1. The van der Waals surface area contributed by atoms with Gasteiger partial charge in [0.2, 0.25) is 65.4 Å². The van der Waals surface area contributed by atoms with E-state index in [1.54, 1.807) is 45.6 Å². The summed E-state index contributed by atoms with van der Waals surface area (Å²) < 4.78 is 156. The van der Waals surface area contributed by atoms with E-state index >= 15 is 0 Å². The number of piperidine rings is 2. The highest BCUT2D eigenvalue weighted by molar-refractivity contribution is 5.68. The summed E-state index contributed by atoms with van der Waals surface area (Å²) in [6, 6.07) is 24.7. The van der Waals surface area contributed by atoms with Crippen molar-refractivity contribution >= 4 is 94.7 Å². The van der Waals surface area contributed by atoms with Crippen LogP contribution in [-0.4, -0.2) is 192 Å². The Kier molecular flexibility index (Phi) is 35.8. The van der Waals surface area contributed by atoms with Crippen molar-refractivity contribution < 1.29 is 62.9 Å². The maximum absolute atomic E-state index is 14.1. The number of benzene rings is 5. The van der Waals surface area contributed by atoms with E-state index in [0.29, 0.717) is 99.7 Å². The number of H-pyrrole nitrogens is 3. The molecule has 4 fully saturated rings. The zero-order chi connectivity index (χ0) is 106. The molecule has 19 rings (SSSR count). The van der Waals surface area contributed by atoms with Gasteiger partial charge in [0.1, 0.15) is 101 Å². The summed E-state index contributed by atoms with van der Waals surface area (Å²) in [5, 5.41) is 60.7. The Morgan fingerprint density at radius 2 is 0.793 bits per heavy atom. The van der Waals surface area contributed by atoms with Gasteiger partial charge in [-0.3, -0.25) is 24.7 Å². The fourth-order valence-corrected chi connectivity index (χ4v) is 16.3.